The Morgan fingerprint density at radius 3 is 2.75 bits per heavy atom. The van der Waals surface area contributed by atoms with E-state index >= 15 is 0 Å². The quantitative estimate of drug-likeness (QED) is 0.469. The second-order valence-electron chi connectivity index (χ2n) is 10.9. The number of carbonyl (C=O) groups is 1. The van der Waals surface area contributed by atoms with Gasteiger partial charge in [0.25, 0.3) is 0 Å². The van der Waals surface area contributed by atoms with E-state index in [2.05, 4.69) is 66.1 Å². The van der Waals surface area contributed by atoms with E-state index in [-0.39, 0.29) is 18.4 Å². The largest absolute Gasteiger partial charge is 0.462 e. The molecule has 210 valence electrons. The summed E-state index contributed by atoms with van der Waals surface area (Å²) in [6.07, 6.45) is 6.58. The fourth-order valence-corrected chi connectivity index (χ4v) is 6.22. The highest BCUT2D eigenvalue weighted by Crippen LogP contribution is 2.34. The highest BCUT2D eigenvalue weighted by molar-refractivity contribution is 5.87. The second kappa shape index (κ2) is 12.1. The van der Waals surface area contributed by atoms with Gasteiger partial charge in [-0.25, -0.2) is 0 Å². The van der Waals surface area contributed by atoms with Gasteiger partial charge in [0.15, 0.2) is 0 Å². The van der Waals surface area contributed by atoms with Crippen molar-refractivity contribution in [3.05, 3.63) is 59.8 Å². The summed E-state index contributed by atoms with van der Waals surface area (Å²) in [7, 11) is 2.14. The van der Waals surface area contributed by atoms with Gasteiger partial charge in [0.05, 0.1) is 30.8 Å². The molecule has 4 heterocycles. The summed E-state index contributed by atoms with van der Waals surface area (Å²) in [6.45, 7) is 14.6. The molecule has 3 aliphatic rings. The van der Waals surface area contributed by atoms with Crippen molar-refractivity contribution in [3.8, 4) is 12.1 Å². The van der Waals surface area contributed by atoms with Crippen LogP contribution in [-0.2, 0) is 17.8 Å². The van der Waals surface area contributed by atoms with Gasteiger partial charge in [-0.15, -0.1) is 0 Å². The molecule has 1 aromatic heterocycles. The number of nitrogens with zero attached hydrogens (tertiary/aromatic N) is 7. The second-order valence-corrected chi connectivity index (χ2v) is 10.9. The summed E-state index contributed by atoms with van der Waals surface area (Å²) in [6, 6.07) is 9.12. The van der Waals surface area contributed by atoms with E-state index in [0.29, 0.717) is 44.8 Å². The van der Waals surface area contributed by atoms with E-state index < -0.39 is 0 Å². The lowest BCUT2D eigenvalue weighted by Crippen LogP contribution is -2.55. The lowest BCUT2D eigenvalue weighted by atomic mass is 10.00. The van der Waals surface area contributed by atoms with Gasteiger partial charge >= 0.3 is 6.01 Å². The number of likely N-dealkylation sites (tertiary alicyclic amines) is 1. The molecule has 0 N–H and O–H groups in total. The molecule has 0 spiro atoms. The minimum Gasteiger partial charge on any atom is -0.462 e. The molecular formula is C31H39N7O2. The number of hydrogen-bond acceptors (Lipinski definition) is 8. The van der Waals surface area contributed by atoms with Crippen LogP contribution in [0.25, 0.3) is 6.08 Å². The number of rotatable bonds is 8. The maximum atomic E-state index is 12.5. The highest BCUT2D eigenvalue weighted by Gasteiger charge is 2.33. The number of piperazine rings is 1. The first-order valence-electron chi connectivity index (χ1n) is 14.2. The van der Waals surface area contributed by atoms with Crippen molar-refractivity contribution >= 4 is 23.5 Å². The van der Waals surface area contributed by atoms with Crippen molar-refractivity contribution in [2.75, 3.05) is 56.2 Å². The fourth-order valence-electron chi connectivity index (χ4n) is 6.22. The van der Waals surface area contributed by atoms with Crippen LogP contribution in [0.5, 0.6) is 6.01 Å². The molecule has 0 bridgehead atoms. The zero-order valence-corrected chi connectivity index (χ0v) is 23.7. The average molecular weight is 542 g/mol. The molecular weight excluding hydrogens is 502 g/mol. The van der Waals surface area contributed by atoms with Gasteiger partial charge in [-0.05, 0) is 57.5 Å². The Hall–Kier alpha value is -3.90. The average Bonchev–Trinajstić information content (AvgIpc) is 3.39. The first-order valence-corrected chi connectivity index (χ1v) is 14.2. The summed E-state index contributed by atoms with van der Waals surface area (Å²) in [4.78, 5) is 31.0. The maximum Gasteiger partial charge on any atom is 0.318 e. The molecule has 2 fully saturated rings. The molecule has 1 amide bonds. The number of carbonyl (C=O) groups excluding carboxylic acids is 1. The Balaban J connectivity index is 1.47. The molecule has 3 aliphatic heterocycles. The van der Waals surface area contributed by atoms with E-state index in [1.807, 2.05) is 6.08 Å². The zero-order chi connectivity index (χ0) is 28.2. The molecule has 2 atom stereocenters. The van der Waals surface area contributed by atoms with Gasteiger partial charge in [-0.2, -0.15) is 15.2 Å². The SMILES string of the molecule is C=CC(=O)N1CCN(c2nc(OC[C@H]3CCCN3C)nc3c2CCN(c2cccc(C)c2C=C)C3)C[C@@H]1CC#N. The fraction of sp³-hybridized carbons (Fsp3) is 0.484. The molecule has 0 unspecified atom stereocenters. The van der Waals surface area contributed by atoms with Crippen LogP contribution in [0.4, 0.5) is 11.5 Å². The molecule has 0 saturated carbocycles. The normalized spacial score (nSPS) is 21.1. The van der Waals surface area contributed by atoms with Crippen LogP contribution in [-0.4, -0.2) is 84.1 Å². The first kappa shape index (κ1) is 27.7. The number of anilines is 2. The third-order valence-corrected chi connectivity index (χ3v) is 8.51. The van der Waals surface area contributed by atoms with Gasteiger partial charge in [0, 0.05) is 49.0 Å². The van der Waals surface area contributed by atoms with Crippen LogP contribution < -0.4 is 14.5 Å². The molecule has 1 aromatic carbocycles. The first-order chi connectivity index (χ1) is 19.4. The molecule has 5 rings (SSSR count). The molecule has 0 radical (unpaired) electrons. The molecule has 9 heteroatoms. The predicted octanol–water partition coefficient (Wildman–Crippen LogP) is 3.58. The number of hydrogen-bond donors (Lipinski definition) is 0. The lowest BCUT2D eigenvalue weighted by molar-refractivity contribution is -0.128. The van der Waals surface area contributed by atoms with Crippen molar-refractivity contribution in [3.63, 3.8) is 0 Å². The highest BCUT2D eigenvalue weighted by atomic mass is 16.5. The summed E-state index contributed by atoms with van der Waals surface area (Å²) < 4.78 is 6.26. The van der Waals surface area contributed by atoms with Crippen LogP contribution >= 0.6 is 0 Å². The predicted molar refractivity (Wildman–Crippen MR) is 157 cm³/mol. The van der Waals surface area contributed by atoms with Crippen molar-refractivity contribution in [1.29, 1.82) is 5.26 Å². The Morgan fingerprint density at radius 2 is 2.02 bits per heavy atom. The van der Waals surface area contributed by atoms with Crippen LogP contribution in [0.1, 0.15) is 41.6 Å². The maximum absolute atomic E-state index is 12.5. The lowest BCUT2D eigenvalue weighted by Gasteiger charge is -2.42. The third-order valence-electron chi connectivity index (χ3n) is 8.51. The van der Waals surface area contributed by atoms with Gasteiger partial charge in [0.2, 0.25) is 5.91 Å². The van der Waals surface area contributed by atoms with Crippen molar-refractivity contribution < 1.29 is 9.53 Å². The van der Waals surface area contributed by atoms with Crippen LogP contribution in [0, 0.1) is 18.3 Å². The minimum atomic E-state index is -0.228. The van der Waals surface area contributed by atoms with Gasteiger partial charge in [0.1, 0.15) is 12.4 Å². The van der Waals surface area contributed by atoms with Gasteiger partial charge in [-0.3, -0.25) is 4.79 Å². The van der Waals surface area contributed by atoms with Crippen molar-refractivity contribution in [2.45, 2.75) is 51.2 Å². The van der Waals surface area contributed by atoms with Crippen LogP contribution in [0.2, 0.25) is 0 Å². The van der Waals surface area contributed by atoms with E-state index in [1.165, 1.54) is 18.1 Å². The Morgan fingerprint density at radius 1 is 1.18 bits per heavy atom. The topological polar surface area (TPSA) is 88.8 Å². The van der Waals surface area contributed by atoms with Crippen LogP contribution in [0.3, 0.4) is 0 Å². The van der Waals surface area contributed by atoms with Crippen molar-refractivity contribution in [2.24, 2.45) is 0 Å². The van der Waals surface area contributed by atoms with Crippen LogP contribution in [0.15, 0.2) is 37.4 Å². The van der Waals surface area contributed by atoms with E-state index in [1.54, 1.807) is 4.90 Å². The smallest absolute Gasteiger partial charge is 0.318 e. The van der Waals surface area contributed by atoms with Gasteiger partial charge in [-0.1, -0.05) is 31.4 Å². The number of amides is 1. The summed E-state index contributed by atoms with van der Waals surface area (Å²) in [5.74, 6) is 0.724. The number of nitriles is 1. The molecule has 40 heavy (non-hydrogen) atoms. The van der Waals surface area contributed by atoms with Gasteiger partial charge < -0.3 is 24.3 Å². The van der Waals surface area contributed by atoms with E-state index in [9.17, 15) is 10.1 Å². The summed E-state index contributed by atoms with van der Waals surface area (Å²) in [5.41, 5.74) is 5.57. The summed E-state index contributed by atoms with van der Waals surface area (Å²) in [5, 5.41) is 9.48. The number of benzene rings is 1. The molecule has 0 aliphatic carbocycles. The van der Waals surface area contributed by atoms with E-state index in [0.717, 1.165) is 54.3 Å². The molecule has 9 nitrogen and oxygen atoms in total. The number of ether oxygens (including phenoxy) is 1. The van der Waals surface area contributed by atoms with E-state index in [4.69, 9.17) is 14.7 Å². The molecule has 2 saturated heterocycles. The van der Waals surface area contributed by atoms with Crippen molar-refractivity contribution in [1.82, 2.24) is 19.8 Å². The summed E-state index contributed by atoms with van der Waals surface area (Å²) >= 11 is 0. The Labute approximate surface area is 237 Å². The Bertz CT molecular complexity index is 1320. The monoisotopic (exact) mass is 541 g/mol. The Kier molecular flexibility index (Phi) is 8.36. The number of aromatic nitrogens is 2. The number of fused-ring (bicyclic) bond motifs is 1. The zero-order valence-electron chi connectivity index (χ0n) is 23.7. The minimum absolute atomic E-state index is 0.138. The number of aryl methyl sites for hydroxylation is 1. The standard InChI is InChI=1S/C31H39N7O2/c1-5-25-22(3)9-7-11-28(25)36-16-13-26-27(20-36)33-31(40-21-24-10-8-15-35(24)4)34-30(26)37-17-18-38(29(39)6-2)23(19-37)12-14-32/h5-7,9,11,23-24H,1-2,8,10,12-13,15-21H2,3-4H3/t23-,24+/m0/s1. The third kappa shape index (κ3) is 5.54. The number of likely N-dealkylation sites (N-methyl/N-ethyl adjacent to an activating group) is 1. The molecule has 2 aromatic rings.